The minimum Gasteiger partial charge on any atom is -0.378 e. The molecule has 5 heteroatoms. The molecule has 0 saturated carbocycles. The minimum atomic E-state index is 0.325. The van der Waals surface area contributed by atoms with Crippen molar-refractivity contribution in [2.24, 2.45) is 10.9 Å². The third-order valence-corrected chi connectivity index (χ3v) is 4.29. The van der Waals surface area contributed by atoms with E-state index in [2.05, 4.69) is 48.2 Å². The van der Waals surface area contributed by atoms with Crippen molar-refractivity contribution < 1.29 is 4.74 Å². The summed E-state index contributed by atoms with van der Waals surface area (Å²) in [4.78, 5) is 7.24. The van der Waals surface area contributed by atoms with Gasteiger partial charge >= 0.3 is 0 Å². The van der Waals surface area contributed by atoms with Crippen molar-refractivity contribution in [2.75, 3.05) is 45.9 Å². The molecule has 1 rings (SSSR count). The Bertz CT molecular complexity index is 314. The van der Waals surface area contributed by atoms with Gasteiger partial charge in [0.1, 0.15) is 0 Å². The van der Waals surface area contributed by atoms with Crippen molar-refractivity contribution in [1.29, 1.82) is 0 Å². The van der Waals surface area contributed by atoms with Crippen molar-refractivity contribution >= 4 is 5.96 Å². The molecule has 0 radical (unpaired) electrons. The Labute approximate surface area is 143 Å². The molecule has 0 aromatic heterocycles. The zero-order chi connectivity index (χ0) is 16.9. The highest BCUT2D eigenvalue weighted by Crippen LogP contribution is 2.10. The number of guanidine groups is 1. The fraction of sp³-hybridized carbons (Fsp3) is 0.944. The summed E-state index contributed by atoms with van der Waals surface area (Å²) >= 11 is 0. The average Bonchev–Trinajstić information content (AvgIpc) is 3.03. The molecule has 1 fully saturated rings. The van der Waals surface area contributed by atoms with Gasteiger partial charge in [0, 0.05) is 26.2 Å². The molecule has 1 saturated heterocycles. The summed E-state index contributed by atoms with van der Waals surface area (Å²) in [5.74, 6) is 1.49. The average molecular weight is 327 g/mol. The van der Waals surface area contributed by atoms with Crippen LogP contribution in [0.25, 0.3) is 0 Å². The van der Waals surface area contributed by atoms with Crippen molar-refractivity contribution in [1.82, 2.24) is 15.5 Å². The SMILES string of the molecule is CCNC(=NCCCN1CCCC1)NCCC(OCC)C(C)C. The van der Waals surface area contributed by atoms with Gasteiger partial charge in [0.25, 0.3) is 0 Å². The smallest absolute Gasteiger partial charge is 0.191 e. The number of hydrogen-bond acceptors (Lipinski definition) is 3. The molecule has 0 aromatic rings. The van der Waals surface area contributed by atoms with E-state index < -0.39 is 0 Å². The molecule has 136 valence electrons. The fourth-order valence-corrected chi connectivity index (χ4v) is 2.99. The monoisotopic (exact) mass is 326 g/mol. The van der Waals surface area contributed by atoms with Gasteiger partial charge in [0.15, 0.2) is 5.96 Å². The molecule has 1 aliphatic rings. The Morgan fingerprint density at radius 1 is 1.17 bits per heavy atom. The molecule has 1 atom stereocenters. The zero-order valence-corrected chi connectivity index (χ0v) is 15.7. The molecule has 0 aromatic carbocycles. The first-order valence-corrected chi connectivity index (χ1v) is 9.53. The van der Waals surface area contributed by atoms with Crippen LogP contribution in [-0.4, -0.2) is 62.8 Å². The van der Waals surface area contributed by atoms with Gasteiger partial charge in [-0.2, -0.15) is 0 Å². The molecule has 1 heterocycles. The van der Waals surface area contributed by atoms with E-state index in [0.717, 1.165) is 45.0 Å². The number of hydrogen-bond donors (Lipinski definition) is 2. The summed E-state index contributed by atoms with van der Waals surface area (Å²) in [7, 11) is 0. The van der Waals surface area contributed by atoms with Gasteiger partial charge in [-0.25, -0.2) is 0 Å². The maximum Gasteiger partial charge on any atom is 0.191 e. The van der Waals surface area contributed by atoms with Crippen LogP contribution in [-0.2, 0) is 4.74 Å². The Kier molecular flexibility index (Phi) is 11.1. The normalized spacial score (nSPS) is 17.7. The lowest BCUT2D eigenvalue weighted by atomic mass is 10.0. The van der Waals surface area contributed by atoms with E-state index in [0.29, 0.717) is 12.0 Å². The van der Waals surface area contributed by atoms with Crippen LogP contribution < -0.4 is 10.6 Å². The number of likely N-dealkylation sites (tertiary alicyclic amines) is 1. The Hall–Kier alpha value is -0.810. The number of nitrogens with zero attached hydrogens (tertiary/aromatic N) is 2. The van der Waals surface area contributed by atoms with E-state index in [9.17, 15) is 0 Å². The maximum atomic E-state index is 5.79. The summed E-state index contributed by atoms with van der Waals surface area (Å²) in [6, 6.07) is 0. The standard InChI is InChI=1S/C18H38N4O/c1-5-19-18(20-11-9-15-22-13-7-8-14-22)21-12-10-17(16(3)4)23-6-2/h16-17H,5-15H2,1-4H3,(H2,19,20,21). The van der Waals surface area contributed by atoms with Gasteiger partial charge in [-0.15, -0.1) is 0 Å². The van der Waals surface area contributed by atoms with Crippen LogP contribution in [0.2, 0.25) is 0 Å². The van der Waals surface area contributed by atoms with Crippen LogP contribution >= 0.6 is 0 Å². The second-order valence-corrected chi connectivity index (χ2v) is 6.62. The molecule has 1 unspecified atom stereocenters. The van der Waals surface area contributed by atoms with Crippen molar-refractivity contribution in [3.05, 3.63) is 0 Å². The zero-order valence-electron chi connectivity index (χ0n) is 15.7. The molecule has 5 nitrogen and oxygen atoms in total. The maximum absolute atomic E-state index is 5.79. The largest absolute Gasteiger partial charge is 0.378 e. The van der Waals surface area contributed by atoms with E-state index in [-0.39, 0.29) is 0 Å². The summed E-state index contributed by atoms with van der Waals surface area (Å²) in [5, 5.41) is 6.77. The van der Waals surface area contributed by atoms with Gasteiger partial charge in [0.2, 0.25) is 0 Å². The predicted molar refractivity (Wildman–Crippen MR) is 99.1 cm³/mol. The van der Waals surface area contributed by atoms with Crippen LogP contribution in [0.1, 0.15) is 53.4 Å². The Morgan fingerprint density at radius 3 is 2.52 bits per heavy atom. The molecule has 0 spiro atoms. The summed E-state index contributed by atoms with van der Waals surface area (Å²) in [6.45, 7) is 15.8. The van der Waals surface area contributed by atoms with Crippen LogP contribution in [0.15, 0.2) is 4.99 Å². The molecular formula is C18H38N4O. The number of nitrogens with one attached hydrogen (secondary N) is 2. The third kappa shape index (κ3) is 9.16. The first-order valence-electron chi connectivity index (χ1n) is 9.53. The second-order valence-electron chi connectivity index (χ2n) is 6.62. The molecule has 0 amide bonds. The van der Waals surface area contributed by atoms with Gasteiger partial charge in [-0.1, -0.05) is 13.8 Å². The lowest BCUT2D eigenvalue weighted by Gasteiger charge is -2.21. The molecule has 0 aliphatic carbocycles. The third-order valence-electron chi connectivity index (χ3n) is 4.29. The lowest BCUT2D eigenvalue weighted by Crippen LogP contribution is -2.39. The quantitative estimate of drug-likeness (QED) is 0.348. The van der Waals surface area contributed by atoms with E-state index >= 15 is 0 Å². The number of ether oxygens (including phenoxy) is 1. The fourth-order valence-electron chi connectivity index (χ4n) is 2.99. The number of aliphatic imine (C=N–C) groups is 1. The highest BCUT2D eigenvalue weighted by Gasteiger charge is 2.13. The number of rotatable bonds is 11. The Balaban J connectivity index is 2.24. The van der Waals surface area contributed by atoms with Crippen LogP contribution in [0.3, 0.4) is 0 Å². The van der Waals surface area contributed by atoms with E-state index in [4.69, 9.17) is 4.74 Å². The van der Waals surface area contributed by atoms with Gasteiger partial charge in [0.05, 0.1) is 6.10 Å². The summed E-state index contributed by atoms with van der Waals surface area (Å²) in [6.07, 6.45) is 5.22. The van der Waals surface area contributed by atoms with Crippen LogP contribution in [0.5, 0.6) is 0 Å². The van der Waals surface area contributed by atoms with Gasteiger partial charge < -0.3 is 20.3 Å². The van der Waals surface area contributed by atoms with E-state index in [1.54, 1.807) is 0 Å². The topological polar surface area (TPSA) is 48.9 Å². The predicted octanol–water partition coefficient (Wildman–Crippen LogP) is 2.48. The van der Waals surface area contributed by atoms with Crippen molar-refractivity contribution in [3.8, 4) is 0 Å². The summed E-state index contributed by atoms with van der Waals surface area (Å²) < 4.78 is 5.79. The first kappa shape index (κ1) is 20.2. The minimum absolute atomic E-state index is 0.325. The van der Waals surface area contributed by atoms with Crippen LogP contribution in [0.4, 0.5) is 0 Å². The first-order chi connectivity index (χ1) is 11.2. The van der Waals surface area contributed by atoms with E-state index in [1.807, 2.05) is 0 Å². The highest BCUT2D eigenvalue weighted by atomic mass is 16.5. The Morgan fingerprint density at radius 2 is 1.91 bits per heavy atom. The lowest BCUT2D eigenvalue weighted by molar-refractivity contribution is 0.0258. The second kappa shape index (κ2) is 12.6. The highest BCUT2D eigenvalue weighted by molar-refractivity contribution is 5.79. The van der Waals surface area contributed by atoms with Crippen molar-refractivity contribution in [3.63, 3.8) is 0 Å². The molecule has 1 aliphatic heterocycles. The van der Waals surface area contributed by atoms with Crippen LogP contribution in [0, 0.1) is 5.92 Å². The molecule has 0 bridgehead atoms. The van der Waals surface area contributed by atoms with Gasteiger partial charge in [-0.3, -0.25) is 4.99 Å². The van der Waals surface area contributed by atoms with E-state index in [1.165, 1.54) is 32.5 Å². The molecule has 2 N–H and O–H groups in total. The molecular weight excluding hydrogens is 288 g/mol. The van der Waals surface area contributed by atoms with Crippen molar-refractivity contribution in [2.45, 2.75) is 59.5 Å². The summed E-state index contributed by atoms with van der Waals surface area (Å²) in [5.41, 5.74) is 0. The molecule has 23 heavy (non-hydrogen) atoms. The van der Waals surface area contributed by atoms with Gasteiger partial charge in [-0.05, 0) is 65.1 Å².